The molecule has 1 heterocycles. The molecule has 1 aliphatic carbocycles. The van der Waals surface area contributed by atoms with Crippen LogP contribution in [-0.4, -0.2) is 20.6 Å². The zero-order valence-corrected chi connectivity index (χ0v) is 17.1. The minimum Gasteiger partial charge on any atom is -1.00 e. The summed E-state index contributed by atoms with van der Waals surface area (Å²) in [4.78, 5) is 2.32. The van der Waals surface area contributed by atoms with Gasteiger partial charge >= 0.3 is 26.2 Å². The third kappa shape index (κ3) is 4.89. The largest absolute Gasteiger partial charge is 2.00 e. The van der Waals surface area contributed by atoms with Crippen molar-refractivity contribution in [1.29, 1.82) is 0 Å². The monoisotopic (exact) mass is 411 g/mol. The van der Waals surface area contributed by atoms with Gasteiger partial charge < -0.3 is 29.7 Å². The second-order valence-corrected chi connectivity index (χ2v) is 7.53. The van der Waals surface area contributed by atoms with Gasteiger partial charge in [-0.2, -0.15) is 0 Å². The van der Waals surface area contributed by atoms with Gasteiger partial charge in [-0.15, -0.1) is 0 Å². The van der Waals surface area contributed by atoms with E-state index in [1.807, 2.05) is 0 Å². The summed E-state index contributed by atoms with van der Waals surface area (Å²) in [6.07, 6.45) is 6.92. The molecule has 0 aromatic heterocycles. The van der Waals surface area contributed by atoms with Gasteiger partial charge in [0, 0.05) is 26.8 Å². The predicted octanol–water partition coefficient (Wildman–Crippen LogP) is -2.60. The molecule has 1 aliphatic heterocycles. The number of rotatable bonds is 2. The number of halogens is 2. The molecular formula is C16H17Cl2NSiZr. The molecule has 0 saturated heterocycles. The van der Waals surface area contributed by atoms with Crippen LogP contribution in [0.2, 0.25) is 13.1 Å². The number of fused-ring (bicyclic) bond motifs is 1. The van der Waals surface area contributed by atoms with Crippen LogP contribution >= 0.6 is 0 Å². The zero-order chi connectivity index (χ0) is 12.5. The zero-order valence-electron chi connectivity index (χ0n) is 12.1. The average molecular weight is 414 g/mol. The van der Waals surface area contributed by atoms with Gasteiger partial charge in [-0.05, 0) is 41.0 Å². The number of hydrogen-bond donors (Lipinski definition) is 0. The molecule has 0 fully saturated rings. The molecule has 0 spiro atoms. The molecule has 0 saturated carbocycles. The summed E-state index contributed by atoms with van der Waals surface area (Å²) in [6, 6.07) is 10.6. The van der Waals surface area contributed by atoms with Gasteiger partial charge in [0.15, 0.2) is 0 Å². The smallest absolute Gasteiger partial charge is 1.00 e. The van der Waals surface area contributed by atoms with Crippen molar-refractivity contribution in [1.82, 2.24) is 0 Å². The van der Waals surface area contributed by atoms with E-state index >= 15 is 0 Å². The molecule has 0 atom stereocenters. The van der Waals surface area contributed by atoms with Crippen LogP contribution in [-0.2, 0) is 26.2 Å². The molecule has 0 amide bonds. The summed E-state index contributed by atoms with van der Waals surface area (Å²) in [5, 5.41) is 0. The molecule has 0 N–H and O–H groups in total. The van der Waals surface area contributed by atoms with Gasteiger partial charge in [-0.25, -0.2) is 0 Å². The van der Waals surface area contributed by atoms with Crippen molar-refractivity contribution in [3.8, 4) is 0 Å². The van der Waals surface area contributed by atoms with Crippen molar-refractivity contribution in [2.45, 2.75) is 13.1 Å². The second-order valence-electron chi connectivity index (χ2n) is 5.08. The van der Waals surface area contributed by atoms with E-state index in [1.54, 1.807) is 0 Å². The van der Waals surface area contributed by atoms with Gasteiger partial charge in [0.2, 0.25) is 0 Å². The molecule has 2 aliphatic rings. The van der Waals surface area contributed by atoms with Crippen molar-refractivity contribution >= 4 is 19.8 Å². The molecule has 3 rings (SSSR count). The second kappa shape index (κ2) is 9.05. The minimum absolute atomic E-state index is 0. The topological polar surface area (TPSA) is 3.24 Å². The summed E-state index contributed by atoms with van der Waals surface area (Å²) < 4.78 is 0. The fourth-order valence-electron chi connectivity index (χ4n) is 2.45. The van der Waals surface area contributed by atoms with Crippen molar-refractivity contribution in [2.75, 3.05) is 11.4 Å². The van der Waals surface area contributed by atoms with Crippen LogP contribution < -0.4 is 29.7 Å². The van der Waals surface area contributed by atoms with Crippen molar-refractivity contribution in [3.63, 3.8) is 0 Å². The van der Waals surface area contributed by atoms with Crippen LogP contribution in [0, 0.1) is 0 Å². The van der Waals surface area contributed by atoms with Gasteiger partial charge in [0.05, 0.1) is 0 Å². The van der Waals surface area contributed by atoms with E-state index in [1.165, 1.54) is 22.4 Å². The number of hydrogen-bond acceptors (Lipinski definition) is 1. The van der Waals surface area contributed by atoms with Crippen LogP contribution in [0.3, 0.4) is 0 Å². The molecule has 1 aromatic rings. The van der Waals surface area contributed by atoms with Crippen LogP contribution in [0.25, 0.3) is 0 Å². The Morgan fingerprint density at radius 3 is 2.29 bits per heavy atom. The maximum Gasteiger partial charge on any atom is 2.00 e. The molecule has 108 valence electrons. The number of nitrogens with zero attached hydrogens (tertiary/aromatic N) is 1. The SMILES string of the molecule is C[Si](C)=CC1=CC2=CN(c3ccccc3)CC2=C1.[Cl-].[Cl-].[Zr+2]. The average Bonchev–Trinajstić information content (AvgIpc) is 2.87. The van der Waals surface area contributed by atoms with E-state index in [2.05, 4.69) is 72.3 Å². The number of benzene rings is 1. The normalized spacial score (nSPS) is 14.6. The Bertz CT molecular complexity index is 602. The van der Waals surface area contributed by atoms with E-state index in [-0.39, 0.29) is 59.4 Å². The van der Waals surface area contributed by atoms with Gasteiger partial charge in [-0.3, -0.25) is 0 Å². The number of allylic oxidation sites excluding steroid dienone is 3. The molecule has 0 unspecified atom stereocenters. The van der Waals surface area contributed by atoms with E-state index < -0.39 is 0 Å². The van der Waals surface area contributed by atoms with Crippen LogP contribution in [0.1, 0.15) is 0 Å². The van der Waals surface area contributed by atoms with E-state index in [0.29, 0.717) is 0 Å². The Hall–Kier alpha value is -0.210. The summed E-state index contributed by atoms with van der Waals surface area (Å²) >= 11 is 0. The van der Waals surface area contributed by atoms with E-state index in [9.17, 15) is 0 Å². The predicted molar refractivity (Wildman–Crippen MR) is 81.6 cm³/mol. The molecule has 5 heteroatoms. The maximum atomic E-state index is 2.42. The number of anilines is 1. The molecule has 0 radical (unpaired) electrons. The summed E-state index contributed by atoms with van der Waals surface area (Å²) in [5.74, 6) is 0. The fraction of sp³-hybridized carbons (Fsp3) is 0.188. The van der Waals surface area contributed by atoms with Crippen molar-refractivity contribution in [2.24, 2.45) is 0 Å². The van der Waals surface area contributed by atoms with Crippen molar-refractivity contribution < 1.29 is 51.0 Å². The molecule has 21 heavy (non-hydrogen) atoms. The maximum absolute atomic E-state index is 2.42. The molecule has 1 aromatic carbocycles. The summed E-state index contributed by atoms with van der Waals surface area (Å²) in [5.41, 5.74) is 7.93. The minimum atomic E-state index is -0.292. The standard InChI is InChI=1S/C16H17NSi.2ClH.Zr/c1-18(2)12-13-8-14-10-17(11-15(14)9-13)16-6-4-3-5-7-16;;;/h3-10,12H,11H2,1-2H3;2*1H;/q;;;+2/p-2. The molecule has 0 bridgehead atoms. The van der Waals surface area contributed by atoms with Crippen LogP contribution in [0.15, 0.2) is 65.4 Å². The Morgan fingerprint density at radius 1 is 1.05 bits per heavy atom. The van der Waals surface area contributed by atoms with Gasteiger partial charge in [-0.1, -0.05) is 37.0 Å². The molecular weight excluding hydrogens is 396 g/mol. The Morgan fingerprint density at radius 2 is 1.71 bits per heavy atom. The first-order chi connectivity index (χ1) is 8.72. The third-order valence-corrected chi connectivity index (χ3v) is 4.12. The van der Waals surface area contributed by atoms with Crippen LogP contribution in [0.5, 0.6) is 0 Å². The quantitative estimate of drug-likeness (QED) is 0.481. The van der Waals surface area contributed by atoms with Gasteiger partial charge in [0.25, 0.3) is 0 Å². The number of para-hydroxylation sites is 1. The van der Waals surface area contributed by atoms with E-state index in [0.717, 1.165) is 6.54 Å². The first-order valence-electron chi connectivity index (χ1n) is 6.33. The van der Waals surface area contributed by atoms with Crippen LogP contribution in [0.4, 0.5) is 5.69 Å². The molecule has 1 nitrogen and oxygen atoms in total. The third-order valence-electron chi connectivity index (χ3n) is 3.21. The summed E-state index contributed by atoms with van der Waals surface area (Å²) in [6.45, 7) is 5.65. The first kappa shape index (κ1) is 20.8. The van der Waals surface area contributed by atoms with E-state index in [4.69, 9.17) is 0 Å². The Kier molecular flexibility index (Phi) is 8.96. The fourth-order valence-corrected chi connectivity index (χ4v) is 3.29. The van der Waals surface area contributed by atoms with Crippen molar-refractivity contribution in [3.05, 3.63) is 65.4 Å². The summed E-state index contributed by atoms with van der Waals surface area (Å²) in [7, 11) is -0.292. The first-order valence-corrected chi connectivity index (χ1v) is 8.91. The Balaban J connectivity index is 0.00000133. The Labute approximate surface area is 160 Å². The van der Waals surface area contributed by atoms with Gasteiger partial charge in [0.1, 0.15) is 0 Å².